The predicted octanol–water partition coefficient (Wildman–Crippen LogP) is 2.35. The summed E-state index contributed by atoms with van der Waals surface area (Å²) in [5.41, 5.74) is 1.19. The molecule has 1 saturated heterocycles. The van der Waals surface area contributed by atoms with Crippen LogP contribution in [-0.4, -0.2) is 44.0 Å². The van der Waals surface area contributed by atoms with Gasteiger partial charge in [-0.2, -0.15) is 11.8 Å². The summed E-state index contributed by atoms with van der Waals surface area (Å²) in [7, 11) is 0. The minimum Gasteiger partial charge on any atom is -0.378 e. The Kier molecular flexibility index (Phi) is 6.58. The highest BCUT2D eigenvalue weighted by Crippen LogP contribution is 2.07. The van der Waals surface area contributed by atoms with Crippen molar-refractivity contribution in [3.05, 3.63) is 35.9 Å². The van der Waals surface area contributed by atoms with Gasteiger partial charge < -0.3 is 14.2 Å². The Hall–Kier alpha value is -0.550. The van der Waals surface area contributed by atoms with E-state index in [0.717, 1.165) is 24.7 Å². The van der Waals surface area contributed by atoms with Crippen molar-refractivity contribution in [3.8, 4) is 0 Å². The third-order valence-electron chi connectivity index (χ3n) is 2.68. The van der Waals surface area contributed by atoms with Crippen LogP contribution < -0.4 is 0 Å². The van der Waals surface area contributed by atoms with Gasteiger partial charge in [0, 0.05) is 11.5 Å². The second-order valence-corrected chi connectivity index (χ2v) is 5.41. The first-order chi connectivity index (χ1) is 8.95. The summed E-state index contributed by atoms with van der Waals surface area (Å²) in [5.74, 6) is 2.07. The van der Waals surface area contributed by atoms with E-state index in [0.29, 0.717) is 19.8 Å². The fraction of sp³-hybridized carbons (Fsp3) is 0.571. The molecule has 0 bridgehead atoms. The van der Waals surface area contributed by atoms with Crippen molar-refractivity contribution >= 4 is 11.8 Å². The number of ether oxygens (including phenoxy) is 3. The Morgan fingerprint density at radius 1 is 1.06 bits per heavy atom. The Morgan fingerprint density at radius 3 is 2.39 bits per heavy atom. The van der Waals surface area contributed by atoms with Gasteiger partial charge in [-0.05, 0) is 5.56 Å². The quantitative estimate of drug-likeness (QED) is 0.841. The molecule has 1 aliphatic rings. The van der Waals surface area contributed by atoms with Gasteiger partial charge in [0.2, 0.25) is 0 Å². The highest BCUT2D eigenvalue weighted by atomic mass is 32.2. The van der Waals surface area contributed by atoms with Crippen LogP contribution in [0.3, 0.4) is 0 Å². The number of hydrogen-bond acceptors (Lipinski definition) is 4. The summed E-state index contributed by atoms with van der Waals surface area (Å²) in [6, 6.07) is 10.2. The topological polar surface area (TPSA) is 27.7 Å². The number of hydrogen-bond donors (Lipinski definition) is 0. The zero-order valence-electron chi connectivity index (χ0n) is 10.5. The molecule has 2 rings (SSSR count). The molecule has 18 heavy (non-hydrogen) atoms. The Labute approximate surface area is 113 Å². The van der Waals surface area contributed by atoms with Crippen molar-refractivity contribution in [2.75, 3.05) is 37.9 Å². The number of rotatable bonds is 3. The van der Waals surface area contributed by atoms with Crippen molar-refractivity contribution in [1.82, 2.24) is 0 Å². The van der Waals surface area contributed by atoms with Crippen molar-refractivity contribution in [3.63, 3.8) is 0 Å². The highest BCUT2D eigenvalue weighted by molar-refractivity contribution is 7.99. The summed E-state index contributed by atoms with van der Waals surface area (Å²) in [6.07, 6.45) is 0.0355. The lowest BCUT2D eigenvalue weighted by molar-refractivity contribution is -0.0632. The maximum atomic E-state index is 5.84. The summed E-state index contributed by atoms with van der Waals surface area (Å²) in [6.45, 7) is 3.46. The second-order valence-electron chi connectivity index (χ2n) is 4.18. The molecule has 0 N–H and O–H groups in total. The first-order valence-corrected chi connectivity index (χ1v) is 7.49. The maximum absolute atomic E-state index is 5.84. The van der Waals surface area contributed by atoms with E-state index in [1.165, 1.54) is 5.56 Å². The molecule has 4 heteroatoms. The van der Waals surface area contributed by atoms with E-state index >= 15 is 0 Å². The van der Waals surface area contributed by atoms with Gasteiger partial charge in [-0.3, -0.25) is 0 Å². The molecule has 1 aromatic carbocycles. The highest BCUT2D eigenvalue weighted by Gasteiger charge is 2.11. The lowest BCUT2D eigenvalue weighted by atomic mass is 10.2. The third-order valence-corrected chi connectivity index (χ3v) is 3.59. The van der Waals surface area contributed by atoms with E-state index in [2.05, 4.69) is 12.1 Å². The van der Waals surface area contributed by atoms with E-state index < -0.39 is 0 Å². The molecule has 0 aliphatic carbocycles. The summed E-state index contributed by atoms with van der Waals surface area (Å²) in [4.78, 5) is 0. The normalized spacial score (nSPS) is 19.6. The van der Waals surface area contributed by atoms with Gasteiger partial charge in [0.05, 0.1) is 33.0 Å². The molecule has 1 aromatic rings. The zero-order chi connectivity index (χ0) is 12.5. The van der Waals surface area contributed by atoms with Gasteiger partial charge in [-0.25, -0.2) is 0 Å². The van der Waals surface area contributed by atoms with Gasteiger partial charge in [-0.1, -0.05) is 30.3 Å². The Balaban J connectivity index is 1.74. The van der Waals surface area contributed by atoms with Gasteiger partial charge in [0.25, 0.3) is 0 Å². The van der Waals surface area contributed by atoms with Crippen molar-refractivity contribution in [2.45, 2.75) is 12.7 Å². The van der Waals surface area contributed by atoms with Crippen LogP contribution >= 0.6 is 11.8 Å². The average Bonchev–Trinajstić information content (AvgIpc) is 2.44. The van der Waals surface area contributed by atoms with Crippen LogP contribution in [0.25, 0.3) is 0 Å². The fourth-order valence-electron chi connectivity index (χ4n) is 1.70. The first kappa shape index (κ1) is 13.9. The van der Waals surface area contributed by atoms with Gasteiger partial charge >= 0.3 is 0 Å². The lowest BCUT2D eigenvalue weighted by Gasteiger charge is -2.19. The molecule has 3 nitrogen and oxygen atoms in total. The monoisotopic (exact) mass is 268 g/mol. The van der Waals surface area contributed by atoms with Crippen LogP contribution in [0.2, 0.25) is 0 Å². The molecule has 0 saturated carbocycles. The molecule has 0 unspecified atom stereocenters. The summed E-state index contributed by atoms with van der Waals surface area (Å²) >= 11 is 1.87. The van der Waals surface area contributed by atoms with Crippen LogP contribution in [0.4, 0.5) is 0 Å². The minimum atomic E-state index is 0.0355. The molecule has 1 fully saturated rings. The summed E-state index contributed by atoms with van der Waals surface area (Å²) < 4.78 is 17.0. The van der Waals surface area contributed by atoms with E-state index in [-0.39, 0.29) is 6.10 Å². The molecule has 0 amide bonds. The lowest BCUT2D eigenvalue weighted by Crippen LogP contribution is -2.27. The fourth-order valence-corrected chi connectivity index (χ4v) is 2.38. The van der Waals surface area contributed by atoms with E-state index in [1.54, 1.807) is 0 Å². The van der Waals surface area contributed by atoms with Gasteiger partial charge in [-0.15, -0.1) is 0 Å². The van der Waals surface area contributed by atoms with Crippen LogP contribution in [-0.2, 0) is 20.8 Å². The maximum Gasteiger partial charge on any atom is 0.105 e. The van der Waals surface area contributed by atoms with Crippen molar-refractivity contribution in [2.24, 2.45) is 0 Å². The van der Waals surface area contributed by atoms with Crippen LogP contribution in [0, 0.1) is 0 Å². The van der Waals surface area contributed by atoms with Crippen molar-refractivity contribution < 1.29 is 14.2 Å². The predicted molar refractivity (Wildman–Crippen MR) is 74.0 cm³/mol. The SMILES string of the molecule is c1ccc(COC2COCCSCCOC2)cc1. The number of benzene rings is 1. The molecule has 1 aliphatic heterocycles. The number of thioether (sulfide) groups is 1. The molecule has 0 radical (unpaired) electrons. The average molecular weight is 268 g/mol. The van der Waals surface area contributed by atoms with Crippen LogP contribution in [0.1, 0.15) is 5.56 Å². The molecular weight excluding hydrogens is 248 g/mol. The van der Waals surface area contributed by atoms with Crippen molar-refractivity contribution in [1.29, 1.82) is 0 Å². The van der Waals surface area contributed by atoms with Crippen LogP contribution in [0.15, 0.2) is 30.3 Å². The smallest absolute Gasteiger partial charge is 0.105 e. The Morgan fingerprint density at radius 2 is 1.72 bits per heavy atom. The molecule has 100 valence electrons. The third kappa shape index (κ3) is 5.40. The van der Waals surface area contributed by atoms with Crippen LogP contribution in [0.5, 0.6) is 0 Å². The zero-order valence-corrected chi connectivity index (χ0v) is 11.4. The Bertz CT molecular complexity index is 308. The van der Waals surface area contributed by atoms with Gasteiger partial charge in [0.15, 0.2) is 0 Å². The molecular formula is C14H20O3S. The van der Waals surface area contributed by atoms with E-state index in [1.807, 2.05) is 30.0 Å². The van der Waals surface area contributed by atoms with E-state index in [9.17, 15) is 0 Å². The largest absolute Gasteiger partial charge is 0.378 e. The molecule has 1 heterocycles. The first-order valence-electron chi connectivity index (χ1n) is 6.34. The second kappa shape index (κ2) is 8.53. The summed E-state index contributed by atoms with van der Waals surface area (Å²) in [5, 5.41) is 0. The molecule has 0 atom stereocenters. The standard InChI is InChI=1S/C14H20O3S/c1-2-4-13(5-3-1)10-17-14-11-15-6-8-18-9-7-16-12-14/h1-5,14H,6-12H2. The molecule has 0 spiro atoms. The molecule has 0 aromatic heterocycles. The van der Waals surface area contributed by atoms with Gasteiger partial charge in [0.1, 0.15) is 6.10 Å². The minimum absolute atomic E-state index is 0.0355. The van der Waals surface area contributed by atoms with E-state index in [4.69, 9.17) is 14.2 Å².